The molecule has 85 heavy (non-hydrogen) atoms. The number of unbranched alkanes of at least 4 members (excludes halogenated alkanes) is 53. The fraction of sp³-hybridized carbons (Fsp3) is 0.958. The molecule has 0 saturated carbocycles. The number of allylic oxidation sites excluding steroid dienone is 2. The van der Waals surface area contributed by atoms with Gasteiger partial charge in [0.2, 0.25) is 5.91 Å². The monoisotopic (exact) mass is 1230 g/mol. The van der Waals surface area contributed by atoms with Crippen LogP contribution in [0.4, 0.5) is 0 Å². The Bertz CT molecular complexity index is 1540. The van der Waals surface area contributed by atoms with Gasteiger partial charge in [0.15, 0.2) is 6.29 Å². The fourth-order valence-electron chi connectivity index (χ4n) is 12.4. The lowest BCUT2D eigenvalue weighted by atomic mass is 9.99. The summed E-state index contributed by atoms with van der Waals surface area (Å²) in [4.78, 5) is 13.2. The smallest absolute Gasteiger partial charge is 0.394 e. The molecule has 0 aromatic heterocycles. The Morgan fingerprint density at radius 2 is 0.753 bits per heavy atom. The molecule has 0 aromatic rings. The average molecular weight is 1230 g/mol. The number of carbonyl (C=O) groups excluding carboxylic acids is 1. The highest BCUT2D eigenvalue weighted by Crippen LogP contribution is 2.27. The number of amides is 1. The molecular weight excluding hydrogens is 1090 g/mol. The van der Waals surface area contributed by atoms with Gasteiger partial charge in [-0.25, -0.2) is 4.18 Å². The number of nitrogens with one attached hydrogen (secondary N) is 1. The highest BCUT2D eigenvalue weighted by Gasteiger charge is 2.48. The minimum absolute atomic E-state index is 0.221. The van der Waals surface area contributed by atoms with Crippen molar-refractivity contribution in [3.8, 4) is 0 Å². The average Bonchev–Trinajstić information content (AvgIpc) is 3.45. The standard InChI is InChI=1S/C72H141NO11S/c1-3-5-7-9-11-13-15-17-19-21-23-25-26-27-28-29-30-31-32-33-34-35-36-37-38-39-40-42-44-46-48-50-52-54-56-58-60-62-68(76)73-65(64-82-72-70(78)71(84-85(79,80)81)69(77)67(63-74)83-72)66(75)61-59-57-55-53-51-49-47-45-43-41-24-22-20-18-16-14-12-10-8-6-4-2/h31-32,65-67,69-72,74-75,77-78H,3-30,33-64H2,1-2H3,(H,73,76)(H,79,80,81)/b32-31-. The van der Waals surface area contributed by atoms with Gasteiger partial charge >= 0.3 is 10.4 Å². The normalized spacial score (nSPS) is 18.2. The summed E-state index contributed by atoms with van der Waals surface area (Å²) >= 11 is 0. The van der Waals surface area contributed by atoms with Crippen LogP contribution < -0.4 is 5.32 Å². The van der Waals surface area contributed by atoms with Crippen LogP contribution in [-0.4, -0.2) is 95.4 Å². The number of carbonyl (C=O) groups is 1. The van der Waals surface area contributed by atoms with Gasteiger partial charge in [0.05, 0.1) is 25.4 Å². The van der Waals surface area contributed by atoms with Gasteiger partial charge in [-0.15, -0.1) is 0 Å². The molecule has 0 aromatic carbocycles. The van der Waals surface area contributed by atoms with Gasteiger partial charge in [-0.05, 0) is 38.5 Å². The van der Waals surface area contributed by atoms with Crippen molar-refractivity contribution >= 4 is 16.3 Å². The van der Waals surface area contributed by atoms with Gasteiger partial charge in [-0.1, -0.05) is 353 Å². The highest BCUT2D eigenvalue weighted by atomic mass is 32.3. The number of hydrogen-bond donors (Lipinski definition) is 6. The van der Waals surface area contributed by atoms with Crippen molar-refractivity contribution in [1.29, 1.82) is 0 Å². The third kappa shape index (κ3) is 53.2. The molecule has 1 heterocycles. The van der Waals surface area contributed by atoms with E-state index >= 15 is 0 Å². The van der Waals surface area contributed by atoms with Crippen LogP contribution in [0.1, 0.15) is 386 Å². The first kappa shape index (κ1) is 81.9. The largest absolute Gasteiger partial charge is 0.397 e. The molecule has 7 unspecified atom stereocenters. The zero-order valence-electron chi connectivity index (χ0n) is 55.7. The van der Waals surface area contributed by atoms with Crippen molar-refractivity contribution in [2.75, 3.05) is 13.2 Å². The van der Waals surface area contributed by atoms with Crippen LogP contribution in [0.5, 0.6) is 0 Å². The van der Waals surface area contributed by atoms with Crippen molar-refractivity contribution in [2.24, 2.45) is 0 Å². The minimum Gasteiger partial charge on any atom is -0.394 e. The molecule has 0 radical (unpaired) electrons. The fourth-order valence-corrected chi connectivity index (χ4v) is 12.9. The van der Waals surface area contributed by atoms with E-state index in [-0.39, 0.29) is 12.5 Å². The van der Waals surface area contributed by atoms with Crippen LogP contribution in [0.2, 0.25) is 0 Å². The topological polar surface area (TPSA) is 192 Å². The zero-order valence-corrected chi connectivity index (χ0v) is 56.5. The third-order valence-electron chi connectivity index (χ3n) is 18.1. The van der Waals surface area contributed by atoms with E-state index in [1.807, 2.05) is 0 Å². The molecule has 0 spiro atoms. The van der Waals surface area contributed by atoms with Crippen LogP contribution in [0.15, 0.2) is 12.2 Å². The lowest BCUT2D eigenvalue weighted by Crippen LogP contribution is -2.61. The van der Waals surface area contributed by atoms with E-state index in [2.05, 4.69) is 35.5 Å². The van der Waals surface area contributed by atoms with Gasteiger partial charge in [0.25, 0.3) is 0 Å². The number of aliphatic hydroxyl groups is 4. The van der Waals surface area contributed by atoms with Gasteiger partial charge < -0.3 is 35.2 Å². The maximum atomic E-state index is 13.2. The second-order valence-electron chi connectivity index (χ2n) is 26.2. The summed E-state index contributed by atoms with van der Waals surface area (Å²) < 4.78 is 48.1. The van der Waals surface area contributed by atoms with Crippen LogP contribution >= 0.6 is 0 Å². The molecule has 1 aliphatic heterocycles. The van der Waals surface area contributed by atoms with E-state index in [0.717, 1.165) is 51.4 Å². The van der Waals surface area contributed by atoms with Crippen molar-refractivity contribution in [3.05, 3.63) is 12.2 Å². The van der Waals surface area contributed by atoms with Crippen molar-refractivity contribution < 1.29 is 51.8 Å². The SMILES string of the molecule is CCCCCCCCCCCCCCCCCC/C=C\CCCCCCCCCCCCCCCCCCCC(=O)NC(COC1OC(CO)C(O)C(OS(=O)(=O)O)C1O)C(O)CCCCCCCCCCCCCCCCCCCCCCC. The minimum atomic E-state index is -5.08. The first-order valence-corrected chi connectivity index (χ1v) is 38.4. The first-order valence-electron chi connectivity index (χ1n) is 37.1. The maximum Gasteiger partial charge on any atom is 0.397 e. The molecule has 0 aliphatic carbocycles. The van der Waals surface area contributed by atoms with E-state index in [4.69, 9.17) is 9.47 Å². The highest BCUT2D eigenvalue weighted by molar-refractivity contribution is 7.80. The molecule has 1 fully saturated rings. The Labute approximate surface area is 525 Å². The molecule has 6 N–H and O–H groups in total. The third-order valence-corrected chi connectivity index (χ3v) is 18.5. The number of ether oxygens (including phenoxy) is 2. The lowest BCUT2D eigenvalue weighted by Gasteiger charge is -2.41. The van der Waals surface area contributed by atoms with E-state index in [1.54, 1.807) is 0 Å². The van der Waals surface area contributed by atoms with Gasteiger partial charge in [0.1, 0.15) is 24.4 Å². The van der Waals surface area contributed by atoms with Gasteiger partial charge in [-0.2, -0.15) is 8.42 Å². The second-order valence-corrected chi connectivity index (χ2v) is 27.3. The predicted molar refractivity (Wildman–Crippen MR) is 356 cm³/mol. The first-order chi connectivity index (χ1) is 41.5. The maximum absolute atomic E-state index is 13.2. The molecule has 13 heteroatoms. The molecule has 1 saturated heterocycles. The van der Waals surface area contributed by atoms with Crippen molar-refractivity contribution in [1.82, 2.24) is 5.32 Å². The Balaban J connectivity index is 2.16. The van der Waals surface area contributed by atoms with Crippen LogP contribution in [0.3, 0.4) is 0 Å². The second kappa shape index (κ2) is 61.7. The summed E-state index contributed by atoms with van der Waals surface area (Å²) in [6, 6.07) is -0.857. The molecule has 1 amide bonds. The summed E-state index contributed by atoms with van der Waals surface area (Å²) in [5.74, 6) is -0.221. The Kier molecular flexibility index (Phi) is 59.4. The van der Waals surface area contributed by atoms with Crippen molar-refractivity contribution in [2.45, 2.75) is 429 Å². The Morgan fingerprint density at radius 1 is 0.459 bits per heavy atom. The molecule has 0 bridgehead atoms. The molecule has 12 nitrogen and oxygen atoms in total. The number of hydrogen-bond acceptors (Lipinski definition) is 10. The van der Waals surface area contributed by atoms with Crippen LogP contribution in [0, 0.1) is 0 Å². The van der Waals surface area contributed by atoms with E-state index < -0.39 is 59.9 Å². The summed E-state index contributed by atoms with van der Waals surface area (Å²) in [6.45, 7) is 3.53. The summed E-state index contributed by atoms with van der Waals surface area (Å²) in [7, 11) is -5.08. The van der Waals surface area contributed by atoms with Gasteiger partial charge in [-0.3, -0.25) is 9.35 Å². The predicted octanol–water partition coefficient (Wildman–Crippen LogP) is 19.7. The zero-order chi connectivity index (χ0) is 61.8. The Morgan fingerprint density at radius 3 is 1.06 bits per heavy atom. The number of rotatable bonds is 67. The van der Waals surface area contributed by atoms with Crippen LogP contribution in [-0.2, 0) is 28.9 Å². The van der Waals surface area contributed by atoms with Gasteiger partial charge in [0, 0.05) is 6.42 Å². The van der Waals surface area contributed by atoms with E-state index in [0.29, 0.717) is 12.8 Å². The molecule has 1 rings (SSSR count). The molecule has 506 valence electrons. The number of aliphatic hydroxyl groups excluding tert-OH is 4. The van der Waals surface area contributed by atoms with Crippen molar-refractivity contribution in [3.63, 3.8) is 0 Å². The lowest BCUT2D eigenvalue weighted by molar-refractivity contribution is -0.298. The molecular formula is C72H141NO11S. The molecule has 7 atom stereocenters. The van der Waals surface area contributed by atoms with Crippen LogP contribution in [0.25, 0.3) is 0 Å². The summed E-state index contributed by atoms with van der Waals surface area (Å²) in [5, 5.41) is 45.4. The molecule has 1 aliphatic rings. The van der Waals surface area contributed by atoms with E-state index in [9.17, 15) is 38.2 Å². The Hall–Kier alpha value is -1.16. The summed E-state index contributed by atoms with van der Waals surface area (Å²) in [6.07, 6.45) is 69.8. The quantitative estimate of drug-likeness (QED) is 0.0193. The summed E-state index contributed by atoms with van der Waals surface area (Å²) in [5.41, 5.74) is 0. The van der Waals surface area contributed by atoms with E-state index in [1.165, 1.54) is 308 Å².